The van der Waals surface area contributed by atoms with Crippen molar-refractivity contribution in [2.75, 3.05) is 19.6 Å². The number of piperazine rings is 1. The Kier molecular flexibility index (Phi) is 4.72. The van der Waals surface area contributed by atoms with E-state index in [1.807, 2.05) is 0 Å². The summed E-state index contributed by atoms with van der Waals surface area (Å²) in [6, 6.07) is 0.787. The molecule has 1 N–H and O–H groups in total. The van der Waals surface area contributed by atoms with Crippen LogP contribution in [0, 0.1) is 11.8 Å². The highest BCUT2D eigenvalue weighted by molar-refractivity contribution is 5.00. The van der Waals surface area contributed by atoms with Gasteiger partial charge in [0.25, 0.3) is 0 Å². The van der Waals surface area contributed by atoms with E-state index in [1.54, 1.807) is 0 Å². The second-order valence-corrected chi connectivity index (χ2v) is 7.88. The van der Waals surface area contributed by atoms with Crippen LogP contribution in [-0.2, 0) is 0 Å². The highest BCUT2D eigenvalue weighted by Gasteiger charge is 2.40. The largest absolute Gasteiger partial charge is 0.308 e. The highest BCUT2D eigenvalue weighted by atomic mass is 15.3. The van der Waals surface area contributed by atoms with E-state index in [-0.39, 0.29) is 0 Å². The summed E-state index contributed by atoms with van der Waals surface area (Å²) >= 11 is 0. The number of hydrogen-bond acceptors (Lipinski definition) is 2. The number of nitrogens with one attached hydrogen (secondary N) is 1. The average Bonchev–Trinajstić information content (AvgIpc) is 2.86. The Morgan fingerprint density at radius 2 is 1.90 bits per heavy atom. The summed E-state index contributed by atoms with van der Waals surface area (Å²) in [6.45, 7) is 8.79. The van der Waals surface area contributed by atoms with Gasteiger partial charge < -0.3 is 5.32 Å². The maximum Gasteiger partial charge on any atom is 0.0309 e. The highest BCUT2D eigenvalue weighted by Crippen LogP contribution is 2.36. The molecule has 116 valence electrons. The normalized spacial score (nSPS) is 38.4. The fraction of sp³-hybridized carbons (Fsp3) is 1.00. The van der Waals surface area contributed by atoms with Crippen molar-refractivity contribution in [2.45, 2.75) is 83.2 Å². The van der Waals surface area contributed by atoms with E-state index in [4.69, 9.17) is 0 Å². The molecule has 3 rings (SSSR count). The smallest absolute Gasteiger partial charge is 0.0309 e. The number of rotatable bonds is 3. The summed E-state index contributed by atoms with van der Waals surface area (Å²) in [5.74, 6) is 1.94. The van der Waals surface area contributed by atoms with Crippen molar-refractivity contribution in [1.29, 1.82) is 0 Å². The zero-order valence-electron chi connectivity index (χ0n) is 13.7. The molecule has 1 saturated heterocycles. The summed E-state index contributed by atoms with van der Waals surface area (Å²) in [5.41, 5.74) is 0.478. The minimum Gasteiger partial charge on any atom is -0.308 e. The first kappa shape index (κ1) is 14.8. The third-order valence-electron chi connectivity index (χ3n) is 6.52. The lowest BCUT2D eigenvalue weighted by Gasteiger charge is -2.50. The molecule has 2 heteroatoms. The molecule has 0 aromatic rings. The van der Waals surface area contributed by atoms with Gasteiger partial charge in [0, 0.05) is 31.2 Å². The fourth-order valence-electron chi connectivity index (χ4n) is 5.01. The van der Waals surface area contributed by atoms with Crippen LogP contribution in [0.15, 0.2) is 0 Å². The van der Waals surface area contributed by atoms with Crippen LogP contribution in [0.3, 0.4) is 0 Å². The third-order valence-corrected chi connectivity index (χ3v) is 6.52. The molecule has 3 unspecified atom stereocenters. The van der Waals surface area contributed by atoms with Gasteiger partial charge in [0.15, 0.2) is 0 Å². The molecule has 3 atom stereocenters. The summed E-state index contributed by atoms with van der Waals surface area (Å²) < 4.78 is 0. The molecular formula is C18H34N2. The molecule has 0 radical (unpaired) electrons. The van der Waals surface area contributed by atoms with Gasteiger partial charge in [0.05, 0.1) is 0 Å². The van der Waals surface area contributed by atoms with E-state index in [9.17, 15) is 0 Å². The quantitative estimate of drug-likeness (QED) is 0.844. The molecular weight excluding hydrogens is 244 g/mol. The van der Waals surface area contributed by atoms with Crippen molar-refractivity contribution in [3.05, 3.63) is 0 Å². The molecule has 0 bridgehead atoms. The first-order chi connectivity index (χ1) is 9.72. The van der Waals surface area contributed by atoms with Crippen LogP contribution in [0.2, 0.25) is 0 Å². The predicted octanol–water partition coefficient (Wildman–Crippen LogP) is 3.81. The zero-order valence-corrected chi connectivity index (χ0v) is 13.7. The van der Waals surface area contributed by atoms with Gasteiger partial charge in [-0.2, -0.15) is 0 Å². The van der Waals surface area contributed by atoms with Crippen LogP contribution in [0.25, 0.3) is 0 Å². The van der Waals surface area contributed by atoms with Gasteiger partial charge in [0.1, 0.15) is 0 Å². The molecule has 2 saturated carbocycles. The van der Waals surface area contributed by atoms with Crippen molar-refractivity contribution in [3.8, 4) is 0 Å². The molecule has 1 spiro atoms. The lowest BCUT2D eigenvalue weighted by atomic mass is 9.79. The molecule has 3 aliphatic rings. The zero-order chi connectivity index (χ0) is 14.0. The molecule has 0 aromatic heterocycles. The fourth-order valence-corrected chi connectivity index (χ4v) is 5.01. The maximum absolute atomic E-state index is 3.96. The van der Waals surface area contributed by atoms with E-state index >= 15 is 0 Å². The molecule has 1 aliphatic heterocycles. The van der Waals surface area contributed by atoms with Crippen LogP contribution in [0.4, 0.5) is 0 Å². The van der Waals surface area contributed by atoms with Gasteiger partial charge in [-0.3, -0.25) is 4.90 Å². The van der Waals surface area contributed by atoms with E-state index in [0.29, 0.717) is 5.54 Å². The first-order valence-electron chi connectivity index (χ1n) is 9.21. The molecule has 1 heterocycles. The Labute approximate surface area is 125 Å². The van der Waals surface area contributed by atoms with E-state index in [2.05, 4.69) is 24.1 Å². The molecule has 2 aliphatic carbocycles. The average molecular weight is 278 g/mol. The minimum absolute atomic E-state index is 0.478. The molecule has 2 nitrogen and oxygen atoms in total. The van der Waals surface area contributed by atoms with Crippen molar-refractivity contribution in [1.82, 2.24) is 10.2 Å². The van der Waals surface area contributed by atoms with Crippen LogP contribution >= 0.6 is 0 Å². The second-order valence-electron chi connectivity index (χ2n) is 7.88. The predicted molar refractivity (Wildman–Crippen MR) is 86.0 cm³/mol. The molecule has 3 fully saturated rings. The Morgan fingerprint density at radius 1 is 1.10 bits per heavy atom. The monoisotopic (exact) mass is 278 g/mol. The molecule has 20 heavy (non-hydrogen) atoms. The van der Waals surface area contributed by atoms with Gasteiger partial charge in [-0.15, -0.1) is 0 Å². The number of nitrogens with zero attached hydrogens (tertiary/aromatic N) is 1. The lowest BCUT2D eigenvalue weighted by molar-refractivity contribution is 0.0390. The van der Waals surface area contributed by atoms with E-state index in [1.165, 1.54) is 77.4 Å². The number of hydrogen-bond donors (Lipinski definition) is 1. The SMILES string of the molecule is CCC1CNC2(CCCCC2)CN1CC1CCCC1C. The standard InChI is InChI=1S/C18H34N2/c1-3-17-12-19-18(10-5-4-6-11-18)14-20(17)13-16-9-7-8-15(16)2/h15-17,19H,3-14H2,1-2H3. The van der Waals surface area contributed by atoms with Crippen molar-refractivity contribution in [2.24, 2.45) is 11.8 Å². The Morgan fingerprint density at radius 3 is 2.55 bits per heavy atom. The van der Waals surface area contributed by atoms with Gasteiger partial charge in [-0.25, -0.2) is 0 Å². The third kappa shape index (κ3) is 3.06. The molecule has 0 amide bonds. The summed E-state index contributed by atoms with van der Waals surface area (Å²) in [6.07, 6.45) is 12.9. The van der Waals surface area contributed by atoms with Crippen LogP contribution in [0.5, 0.6) is 0 Å². The minimum atomic E-state index is 0.478. The van der Waals surface area contributed by atoms with Crippen molar-refractivity contribution >= 4 is 0 Å². The Hall–Kier alpha value is -0.0800. The van der Waals surface area contributed by atoms with Crippen molar-refractivity contribution in [3.63, 3.8) is 0 Å². The van der Waals surface area contributed by atoms with Crippen LogP contribution < -0.4 is 5.32 Å². The van der Waals surface area contributed by atoms with Gasteiger partial charge in [-0.1, -0.05) is 46.0 Å². The van der Waals surface area contributed by atoms with Crippen molar-refractivity contribution < 1.29 is 0 Å². The molecule has 0 aromatic carbocycles. The van der Waals surface area contributed by atoms with Gasteiger partial charge in [-0.05, 0) is 37.5 Å². The van der Waals surface area contributed by atoms with E-state index < -0.39 is 0 Å². The lowest BCUT2D eigenvalue weighted by Crippen LogP contribution is -2.65. The Bertz CT molecular complexity index is 309. The first-order valence-corrected chi connectivity index (χ1v) is 9.21. The van der Waals surface area contributed by atoms with Gasteiger partial charge in [0.2, 0.25) is 0 Å². The summed E-state index contributed by atoms with van der Waals surface area (Å²) in [7, 11) is 0. The Balaban J connectivity index is 1.65. The van der Waals surface area contributed by atoms with E-state index in [0.717, 1.165) is 17.9 Å². The maximum atomic E-state index is 3.96. The van der Waals surface area contributed by atoms with Crippen LogP contribution in [-0.4, -0.2) is 36.1 Å². The summed E-state index contributed by atoms with van der Waals surface area (Å²) in [4.78, 5) is 2.88. The topological polar surface area (TPSA) is 15.3 Å². The summed E-state index contributed by atoms with van der Waals surface area (Å²) in [5, 5.41) is 3.96. The van der Waals surface area contributed by atoms with Crippen LogP contribution in [0.1, 0.15) is 71.6 Å². The van der Waals surface area contributed by atoms with Gasteiger partial charge >= 0.3 is 0 Å². The second kappa shape index (κ2) is 6.36.